The molecule has 1 fully saturated rings. The summed E-state index contributed by atoms with van der Waals surface area (Å²) < 4.78 is 18.2. The minimum absolute atomic E-state index is 0.0707. The summed E-state index contributed by atoms with van der Waals surface area (Å²) in [6.45, 7) is 5.25. The molecule has 0 aliphatic carbocycles. The molecule has 1 saturated heterocycles. The summed E-state index contributed by atoms with van der Waals surface area (Å²) in [7, 11) is 0. The highest BCUT2D eigenvalue weighted by atomic mass is 19.1. The van der Waals surface area contributed by atoms with Gasteiger partial charge in [-0.15, -0.1) is 0 Å². The first-order valence-corrected chi connectivity index (χ1v) is 6.81. The van der Waals surface area contributed by atoms with Gasteiger partial charge in [0.15, 0.2) is 5.78 Å². The number of hydrogen-bond donors (Lipinski definition) is 0. The maximum Gasteiger partial charge on any atom is 0.164 e. The molecular formula is C15H20FNO2. The van der Waals surface area contributed by atoms with Crippen LogP contribution in [0.4, 0.5) is 4.39 Å². The van der Waals surface area contributed by atoms with Crippen LogP contribution in [-0.4, -0.2) is 43.0 Å². The van der Waals surface area contributed by atoms with Crippen molar-refractivity contribution in [3.8, 4) is 0 Å². The Bertz CT molecular complexity index is 419. The molecule has 1 aromatic rings. The molecule has 0 saturated carbocycles. The fourth-order valence-corrected chi connectivity index (χ4v) is 2.38. The van der Waals surface area contributed by atoms with Crippen molar-refractivity contribution in [1.29, 1.82) is 0 Å². The molecule has 1 unspecified atom stereocenters. The lowest BCUT2D eigenvalue weighted by molar-refractivity contribution is -0.00839. The molecule has 0 N–H and O–H groups in total. The Labute approximate surface area is 113 Å². The Morgan fingerprint density at radius 1 is 1.42 bits per heavy atom. The van der Waals surface area contributed by atoms with Crippen molar-refractivity contribution in [3.05, 3.63) is 35.6 Å². The van der Waals surface area contributed by atoms with E-state index in [1.54, 1.807) is 12.1 Å². The van der Waals surface area contributed by atoms with Crippen molar-refractivity contribution < 1.29 is 13.9 Å². The molecule has 0 radical (unpaired) electrons. The van der Waals surface area contributed by atoms with Gasteiger partial charge in [-0.05, 0) is 30.7 Å². The summed E-state index contributed by atoms with van der Waals surface area (Å²) in [5.74, 6) is -0.239. The predicted octanol–water partition coefficient (Wildman–Crippen LogP) is 2.51. The van der Waals surface area contributed by atoms with Crippen LogP contribution in [0, 0.1) is 5.82 Å². The van der Waals surface area contributed by atoms with Crippen LogP contribution in [0.3, 0.4) is 0 Å². The van der Waals surface area contributed by atoms with Crippen molar-refractivity contribution in [2.24, 2.45) is 0 Å². The molecule has 19 heavy (non-hydrogen) atoms. The third-order valence-corrected chi connectivity index (χ3v) is 3.61. The van der Waals surface area contributed by atoms with Crippen LogP contribution in [-0.2, 0) is 4.74 Å². The van der Waals surface area contributed by atoms with E-state index in [0.717, 1.165) is 32.7 Å². The molecular weight excluding hydrogens is 245 g/mol. The first-order valence-electron chi connectivity index (χ1n) is 6.81. The highest BCUT2D eigenvalue weighted by Crippen LogP contribution is 2.12. The number of nitrogens with zero attached hydrogens (tertiary/aromatic N) is 1. The Balaban J connectivity index is 1.87. The number of benzene rings is 1. The van der Waals surface area contributed by atoms with Gasteiger partial charge >= 0.3 is 0 Å². The van der Waals surface area contributed by atoms with E-state index in [4.69, 9.17) is 4.74 Å². The summed E-state index contributed by atoms with van der Waals surface area (Å²) in [5.41, 5.74) is 0.586. The van der Waals surface area contributed by atoms with Crippen LogP contribution in [0.25, 0.3) is 0 Å². The first kappa shape index (κ1) is 14.2. The number of rotatable bonds is 5. The molecule has 1 heterocycles. The second-order valence-corrected chi connectivity index (χ2v) is 4.85. The molecule has 0 aromatic heterocycles. The SMILES string of the molecule is CCC1COCCN1CCC(=O)c1ccc(F)cc1. The van der Waals surface area contributed by atoms with Crippen molar-refractivity contribution in [3.63, 3.8) is 0 Å². The summed E-state index contributed by atoms with van der Waals surface area (Å²) in [6.07, 6.45) is 1.51. The highest BCUT2D eigenvalue weighted by molar-refractivity contribution is 5.96. The highest BCUT2D eigenvalue weighted by Gasteiger charge is 2.21. The van der Waals surface area contributed by atoms with Crippen LogP contribution in [0.5, 0.6) is 0 Å². The molecule has 104 valence electrons. The maximum absolute atomic E-state index is 12.8. The van der Waals surface area contributed by atoms with Crippen molar-refractivity contribution >= 4 is 5.78 Å². The minimum atomic E-state index is -0.309. The first-order chi connectivity index (χ1) is 9.20. The second kappa shape index (κ2) is 6.78. The van der Waals surface area contributed by atoms with E-state index in [9.17, 15) is 9.18 Å². The van der Waals surface area contributed by atoms with Gasteiger partial charge < -0.3 is 4.74 Å². The molecule has 0 spiro atoms. The number of morpholine rings is 1. The van der Waals surface area contributed by atoms with Crippen LogP contribution < -0.4 is 0 Å². The van der Waals surface area contributed by atoms with E-state index < -0.39 is 0 Å². The Hall–Kier alpha value is -1.26. The molecule has 2 rings (SSSR count). The molecule has 3 nitrogen and oxygen atoms in total. The number of ether oxygens (including phenoxy) is 1. The molecule has 0 bridgehead atoms. The molecule has 1 aliphatic rings. The van der Waals surface area contributed by atoms with Crippen LogP contribution in [0.2, 0.25) is 0 Å². The van der Waals surface area contributed by atoms with Gasteiger partial charge in [0.25, 0.3) is 0 Å². The Kier molecular flexibility index (Phi) is 5.05. The van der Waals surface area contributed by atoms with E-state index in [1.807, 2.05) is 0 Å². The number of hydrogen-bond acceptors (Lipinski definition) is 3. The average molecular weight is 265 g/mol. The third-order valence-electron chi connectivity index (χ3n) is 3.61. The summed E-state index contributed by atoms with van der Waals surface area (Å²) in [4.78, 5) is 14.3. The molecule has 0 amide bonds. The van der Waals surface area contributed by atoms with E-state index in [2.05, 4.69) is 11.8 Å². The smallest absolute Gasteiger partial charge is 0.164 e. The van der Waals surface area contributed by atoms with Crippen LogP contribution in [0.15, 0.2) is 24.3 Å². The van der Waals surface area contributed by atoms with Gasteiger partial charge in [-0.3, -0.25) is 9.69 Å². The van der Waals surface area contributed by atoms with E-state index in [0.29, 0.717) is 18.0 Å². The molecule has 1 aromatic carbocycles. The normalized spacial score (nSPS) is 20.4. The van der Waals surface area contributed by atoms with Gasteiger partial charge in [0, 0.05) is 31.1 Å². The standard InChI is InChI=1S/C15H20FNO2/c1-2-14-11-19-10-9-17(14)8-7-15(18)12-3-5-13(16)6-4-12/h3-6,14H,2,7-11H2,1H3. The maximum atomic E-state index is 12.8. The average Bonchev–Trinajstić information content (AvgIpc) is 2.45. The largest absolute Gasteiger partial charge is 0.378 e. The fourth-order valence-electron chi connectivity index (χ4n) is 2.38. The lowest BCUT2D eigenvalue weighted by atomic mass is 10.1. The zero-order valence-corrected chi connectivity index (χ0v) is 11.3. The lowest BCUT2D eigenvalue weighted by Gasteiger charge is -2.34. The number of carbonyl (C=O) groups excluding carboxylic acids is 1. The topological polar surface area (TPSA) is 29.5 Å². The minimum Gasteiger partial charge on any atom is -0.378 e. The zero-order chi connectivity index (χ0) is 13.7. The van der Waals surface area contributed by atoms with E-state index in [-0.39, 0.29) is 11.6 Å². The number of Topliss-reactive ketones (excluding diaryl/α,β-unsaturated/α-hetero) is 1. The third kappa shape index (κ3) is 3.85. The number of carbonyl (C=O) groups is 1. The predicted molar refractivity (Wildman–Crippen MR) is 71.8 cm³/mol. The summed E-state index contributed by atoms with van der Waals surface area (Å²) in [5, 5.41) is 0. The van der Waals surface area contributed by atoms with Crippen molar-refractivity contribution in [2.45, 2.75) is 25.8 Å². The van der Waals surface area contributed by atoms with Gasteiger partial charge in [0.2, 0.25) is 0 Å². The Morgan fingerprint density at radius 2 is 2.16 bits per heavy atom. The molecule has 1 aliphatic heterocycles. The van der Waals surface area contributed by atoms with Gasteiger partial charge in [0.05, 0.1) is 13.2 Å². The number of ketones is 1. The van der Waals surface area contributed by atoms with Crippen molar-refractivity contribution in [2.75, 3.05) is 26.3 Å². The van der Waals surface area contributed by atoms with Crippen LogP contribution >= 0.6 is 0 Å². The Morgan fingerprint density at radius 3 is 2.84 bits per heavy atom. The van der Waals surface area contributed by atoms with Gasteiger partial charge in [-0.2, -0.15) is 0 Å². The second-order valence-electron chi connectivity index (χ2n) is 4.85. The molecule has 4 heteroatoms. The monoisotopic (exact) mass is 265 g/mol. The lowest BCUT2D eigenvalue weighted by Crippen LogP contribution is -2.45. The zero-order valence-electron chi connectivity index (χ0n) is 11.3. The van der Waals surface area contributed by atoms with Crippen LogP contribution in [0.1, 0.15) is 30.1 Å². The quantitative estimate of drug-likeness (QED) is 0.766. The number of halogens is 1. The van der Waals surface area contributed by atoms with E-state index >= 15 is 0 Å². The summed E-state index contributed by atoms with van der Waals surface area (Å²) >= 11 is 0. The fraction of sp³-hybridized carbons (Fsp3) is 0.533. The summed E-state index contributed by atoms with van der Waals surface area (Å²) in [6, 6.07) is 6.17. The van der Waals surface area contributed by atoms with E-state index in [1.165, 1.54) is 12.1 Å². The van der Waals surface area contributed by atoms with Gasteiger partial charge in [-0.25, -0.2) is 4.39 Å². The van der Waals surface area contributed by atoms with Gasteiger partial charge in [-0.1, -0.05) is 6.92 Å². The molecule has 1 atom stereocenters. The van der Waals surface area contributed by atoms with Crippen molar-refractivity contribution in [1.82, 2.24) is 4.90 Å². The van der Waals surface area contributed by atoms with Gasteiger partial charge in [0.1, 0.15) is 5.82 Å².